The van der Waals surface area contributed by atoms with Gasteiger partial charge in [0, 0.05) is 48.9 Å². The second-order valence-corrected chi connectivity index (χ2v) is 8.74. The van der Waals surface area contributed by atoms with Crippen LogP contribution in [-0.4, -0.2) is 43.7 Å². The molecule has 2 aliphatic heterocycles. The van der Waals surface area contributed by atoms with Gasteiger partial charge in [0.25, 0.3) is 0 Å². The summed E-state index contributed by atoms with van der Waals surface area (Å²) in [5.41, 5.74) is 1.95. The summed E-state index contributed by atoms with van der Waals surface area (Å²) in [5.74, 6) is 0.208. The number of rotatable bonds is 2. The first-order valence-electron chi connectivity index (χ1n) is 10.7. The van der Waals surface area contributed by atoms with Gasteiger partial charge in [-0.15, -0.1) is 12.4 Å². The maximum Gasteiger partial charge on any atom is 0.143 e. The van der Waals surface area contributed by atoms with E-state index in [1.807, 2.05) is 12.1 Å². The van der Waals surface area contributed by atoms with Crippen molar-refractivity contribution >= 4 is 18.1 Å². The summed E-state index contributed by atoms with van der Waals surface area (Å²) in [6.45, 7) is 4.26. The number of halogens is 3. The van der Waals surface area contributed by atoms with Crippen molar-refractivity contribution < 1.29 is 13.5 Å². The van der Waals surface area contributed by atoms with Crippen LogP contribution in [0, 0.1) is 23.0 Å². The predicted octanol–water partition coefficient (Wildman–Crippen LogP) is 4.65. The summed E-state index contributed by atoms with van der Waals surface area (Å²) in [4.78, 5) is 4.74. The average Bonchev–Trinajstić information content (AvgIpc) is 3.11. The fraction of sp³-hybridized carbons (Fsp3) is 0.458. The molecule has 1 spiro atoms. The van der Waals surface area contributed by atoms with E-state index in [9.17, 15) is 8.78 Å². The van der Waals surface area contributed by atoms with Crippen LogP contribution in [0.1, 0.15) is 36.8 Å². The Kier molecular flexibility index (Phi) is 6.09. The SMILES string of the molecule is Cl.N#Cc1ccc(N2CCN([C@H]3CC[C@]4(CC3)COc3ccc(F)cc34)CC2)cc1F. The Labute approximate surface area is 187 Å². The first kappa shape index (κ1) is 21.9. The second kappa shape index (κ2) is 8.64. The van der Waals surface area contributed by atoms with Gasteiger partial charge in [-0.25, -0.2) is 8.78 Å². The minimum Gasteiger partial charge on any atom is -0.492 e. The number of nitrogens with zero attached hydrogens (tertiary/aromatic N) is 3. The van der Waals surface area contributed by atoms with Gasteiger partial charge in [0.15, 0.2) is 0 Å². The van der Waals surface area contributed by atoms with E-state index in [-0.39, 0.29) is 29.2 Å². The molecule has 0 bridgehead atoms. The Morgan fingerprint density at radius 1 is 1.00 bits per heavy atom. The molecule has 1 aliphatic carbocycles. The van der Waals surface area contributed by atoms with Gasteiger partial charge in [-0.05, 0) is 62.1 Å². The summed E-state index contributed by atoms with van der Waals surface area (Å²) < 4.78 is 33.6. The van der Waals surface area contributed by atoms with E-state index in [0.29, 0.717) is 12.6 Å². The number of fused-ring (bicyclic) bond motifs is 2. The maximum atomic E-state index is 14.0. The maximum absolute atomic E-state index is 14.0. The van der Waals surface area contributed by atoms with Crippen LogP contribution in [0.3, 0.4) is 0 Å². The summed E-state index contributed by atoms with van der Waals surface area (Å²) in [7, 11) is 0. The topological polar surface area (TPSA) is 39.5 Å². The van der Waals surface area contributed by atoms with Crippen molar-refractivity contribution in [2.75, 3.05) is 37.7 Å². The minimum absolute atomic E-state index is 0. The first-order valence-corrected chi connectivity index (χ1v) is 10.7. The third-order valence-electron chi connectivity index (χ3n) is 7.20. The Balaban J connectivity index is 0.00000231. The molecule has 0 unspecified atom stereocenters. The molecule has 2 heterocycles. The average molecular weight is 446 g/mol. The lowest BCUT2D eigenvalue weighted by Gasteiger charge is -2.44. The third-order valence-corrected chi connectivity index (χ3v) is 7.20. The zero-order valence-corrected chi connectivity index (χ0v) is 18.1. The van der Waals surface area contributed by atoms with Crippen LogP contribution in [0.15, 0.2) is 36.4 Å². The van der Waals surface area contributed by atoms with E-state index in [4.69, 9.17) is 10.00 Å². The molecule has 2 aromatic carbocycles. The molecule has 2 fully saturated rings. The van der Waals surface area contributed by atoms with Gasteiger partial charge in [0.1, 0.15) is 23.5 Å². The Bertz CT molecular complexity index is 993. The smallest absolute Gasteiger partial charge is 0.143 e. The molecule has 7 heteroatoms. The Hall–Kier alpha value is -2.36. The number of nitriles is 1. The predicted molar refractivity (Wildman–Crippen MR) is 118 cm³/mol. The fourth-order valence-corrected chi connectivity index (χ4v) is 5.41. The number of anilines is 1. The molecule has 5 rings (SSSR count). The number of ether oxygens (including phenoxy) is 1. The third kappa shape index (κ3) is 3.97. The van der Waals surface area contributed by atoms with Gasteiger partial charge < -0.3 is 9.64 Å². The van der Waals surface area contributed by atoms with Gasteiger partial charge >= 0.3 is 0 Å². The van der Waals surface area contributed by atoms with Crippen molar-refractivity contribution in [2.24, 2.45) is 0 Å². The van der Waals surface area contributed by atoms with E-state index in [1.54, 1.807) is 18.2 Å². The molecule has 0 atom stereocenters. The molecule has 3 aliphatic rings. The largest absolute Gasteiger partial charge is 0.492 e. The molecule has 2 aromatic rings. The van der Waals surface area contributed by atoms with Crippen molar-refractivity contribution in [3.05, 3.63) is 59.2 Å². The highest BCUT2D eigenvalue weighted by Crippen LogP contribution is 2.48. The normalized spacial score (nSPS) is 25.5. The monoisotopic (exact) mass is 445 g/mol. The van der Waals surface area contributed by atoms with Crippen LogP contribution in [0.4, 0.5) is 14.5 Å². The van der Waals surface area contributed by atoms with Gasteiger partial charge in [0.05, 0.1) is 12.2 Å². The van der Waals surface area contributed by atoms with Gasteiger partial charge in [-0.1, -0.05) is 0 Å². The molecule has 1 saturated heterocycles. The molecular weight excluding hydrogens is 420 g/mol. The van der Waals surface area contributed by atoms with Crippen LogP contribution in [0.25, 0.3) is 0 Å². The highest BCUT2D eigenvalue weighted by atomic mass is 35.5. The molecule has 4 nitrogen and oxygen atoms in total. The molecule has 31 heavy (non-hydrogen) atoms. The summed E-state index contributed by atoms with van der Waals surface area (Å²) in [6.07, 6.45) is 4.22. The zero-order valence-electron chi connectivity index (χ0n) is 17.3. The molecule has 0 amide bonds. The van der Waals surface area contributed by atoms with Crippen LogP contribution < -0.4 is 9.64 Å². The van der Waals surface area contributed by atoms with Gasteiger partial charge in [-0.2, -0.15) is 5.26 Å². The van der Waals surface area contributed by atoms with Gasteiger partial charge in [0.2, 0.25) is 0 Å². The summed E-state index contributed by atoms with van der Waals surface area (Å²) in [5, 5.41) is 8.91. The molecule has 164 valence electrons. The van der Waals surface area contributed by atoms with Crippen molar-refractivity contribution in [1.82, 2.24) is 4.90 Å². The number of hydrogen-bond donors (Lipinski definition) is 0. The van der Waals surface area contributed by atoms with Crippen molar-refractivity contribution in [3.8, 4) is 11.8 Å². The second-order valence-electron chi connectivity index (χ2n) is 8.74. The van der Waals surface area contributed by atoms with Crippen LogP contribution >= 0.6 is 12.4 Å². The van der Waals surface area contributed by atoms with Crippen molar-refractivity contribution in [2.45, 2.75) is 37.1 Å². The quantitative estimate of drug-likeness (QED) is 0.674. The molecule has 0 N–H and O–H groups in total. The van der Waals surface area contributed by atoms with E-state index in [0.717, 1.165) is 68.9 Å². The molecule has 1 saturated carbocycles. The van der Waals surface area contributed by atoms with Gasteiger partial charge in [-0.3, -0.25) is 4.90 Å². The Morgan fingerprint density at radius 2 is 1.74 bits per heavy atom. The van der Waals surface area contributed by atoms with Crippen LogP contribution in [0.5, 0.6) is 5.75 Å². The number of benzene rings is 2. The lowest BCUT2D eigenvalue weighted by molar-refractivity contribution is 0.106. The van der Waals surface area contributed by atoms with E-state index in [2.05, 4.69) is 9.80 Å². The highest BCUT2D eigenvalue weighted by Gasteiger charge is 2.44. The highest BCUT2D eigenvalue weighted by molar-refractivity contribution is 5.85. The lowest BCUT2D eigenvalue weighted by atomic mass is 9.69. The Morgan fingerprint density at radius 3 is 2.42 bits per heavy atom. The molecule has 0 aromatic heterocycles. The standard InChI is InChI=1S/C24H25F2N3O.ClH/c25-18-2-4-23-21(13-18)24(16-30-23)7-5-19(6-8-24)28-9-11-29(12-10-28)20-3-1-17(15-27)22(26)14-20;/h1-4,13-14,19H,5-12,16H2;1H/t19-,24-;. The molecular formula is C24H26ClF2N3O. The van der Waals surface area contributed by atoms with Crippen LogP contribution in [-0.2, 0) is 5.41 Å². The van der Waals surface area contributed by atoms with E-state index >= 15 is 0 Å². The first-order chi connectivity index (χ1) is 14.6. The zero-order chi connectivity index (χ0) is 20.7. The van der Waals surface area contributed by atoms with E-state index < -0.39 is 5.82 Å². The molecule has 0 radical (unpaired) electrons. The summed E-state index contributed by atoms with van der Waals surface area (Å²) in [6, 6.07) is 12.2. The van der Waals surface area contributed by atoms with Crippen molar-refractivity contribution in [1.29, 1.82) is 5.26 Å². The number of piperazine rings is 1. The number of hydrogen-bond acceptors (Lipinski definition) is 4. The minimum atomic E-state index is -0.453. The fourth-order valence-electron chi connectivity index (χ4n) is 5.41. The lowest BCUT2D eigenvalue weighted by Crippen LogP contribution is -2.52. The van der Waals surface area contributed by atoms with E-state index in [1.165, 1.54) is 12.1 Å². The van der Waals surface area contributed by atoms with Crippen molar-refractivity contribution in [3.63, 3.8) is 0 Å². The summed E-state index contributed by atoms with van der Waals surface area (Å²) >= 11 is 0. The van der Waals surface area contributed by atoms with Crippen LogP contribution in [0.2, 0.25) is 0 Å².